The highest BCUT2D eigenvalue weighted by Crippen LogP contribution is 2.28. The fourth-order valence-electron chi connectivity index (χ4n) is 3.29. The zero-order valence-electron chi connectivity index (χ0n) is 13.1. The van der Waals surface area contributed by atoms with Crippen molar-refractivity contribution in [1.82, 2.24) is 0 Å². The maximum Gasteiger partial charge on any atom is 0.224 e. The van der Waals surface area contributed by atoms with E-state index in [1.807, 2.05) is 24.3 Å². The molecule has 1 atom stereocenters. The predicted molar refractivity (Wildman–Crippen MR) is 86.1 cm³/mol. The molecule has 0 bridgehead atoms. The summed E-state index contributed by atoms with van der Waals surface area (Å²) >= 11 is 0. The van der Waals surface area contributed by atoms with E-state index < -0.39 is 0 Å². The second kappa shape index (κ2) is 7.63. The van der Waals surface area contributed by atoms with Gasteiger partial charge in [-0.2, -0.15) is 0 Å². The Morgan fingerprint density at radius 2 is 1.91 bits per heavy atom. The molecular weight excluding hydrogens is 278 g/mol. The lowest BCUT2D eigenvalue weighted by atomic mass is 10.0. The Labute approximate surface area is 132 Å². The summed E-state index contributed by atoms with van der Waals surface area (Å²) in [5.41, 5.74) is 0.840. The van der Waals surface area contributed by atoms with Gasteiger partial charge in [0.05, 0.1) is 6.10 Å². The minimum absolute atomic E-state index is 0.125. The van der Waals surface area contributed by atoms with Gasteiger partial charge in [0.1, 0.15) is 12.4 Å². The van der Waals surface area contributed by atoms with Gasteiger partial charge in [0.15, 0.2) is 0 Å². The van der Waals surface area contributed by atoms with Crippen molar-refractivity contribution < 1.29 is 14.3 Å². The third-order valence-corrected chi connectivity index (χ3v) is 4.55. The zero-order chi connectivity index (χ0) is 15.2. The first-order valence-electron chi connectivity index (χ1n) is 8.44. The fourth-order valence-corrected chi connectivity index (χ4v) is 3.29. The van der Waals surface area contributed by atoms with Crippen molar-refractivity contribution >= 4 is 11.6 Å². The Morgan fingerprint density at radius 3 is 2.59 bits per heavy atom. The first kappa shape index (κ1) is 15.3. The number of hydrogen-bond donors (Lipinski definition) is 1. The van der Waals surface area contributed by atoms with Gasteiger partial charge in [-0.3, -0.25) is 4.79 Å². The van der Waals surface area contributed by atoms with Crippen molar-refractivity contribution in [2.24, 2.45) is 5.92 Å². The molecule has 0 unspecified atom stereocenters. The van der Waals surface area contributed by atoms with Gasteiger partial charge in [-0.15, -0.1) is 0 Å². The normalized spacial score (nSPS) is 21.9. The van der Waals surface area contributed by atoms with E-state index in [1.54, 1.807) is 0 Å². The molecule has 1 saturated heterocycles. The van der Waals surface area contributed by atoms with Gasteiger partial charge < -0.3 is 14.8 Å². The molecular formula is C18H25NO3. The Kier molecular flexibility index (Phi) is 5.33. The number of carbonyl (C=O) groups is 1. The molecule has 1 heterocycles. The van der Waals surface area contributed by atoms with Crippen LogP contribution in [0.4, 0.5) is 5.69 Å². The topological polar surface area (TPSA) is 47.6 Å². The van der Waals surface area contributed by atoms with Crippen molar-refractivity contribution in [2.45, 2.75) is 51.0 Å². The Bertz CT molecular complexity index is 474. The smallest absolute Gasteiger partial charge is 0.224 e. The lowest BCUT2D eigenvalue weighted by molar-refractivity contribution is -0.117. The summed E-state index contributed by atoms with van der Waals surface area (Å²) in [4.78, 5) is 12.0. The molecule has 4 heteroatoms. The molecule has 2 fully saturated rings. The average Bonchev–Trinajstić information content (AvgIpc) is 3.20. The van der Waals surface area contributed by atoms with Gasteiger partial charge in [0.25, 0.3) is 0 Å². The summed E-state index contributed by atoms with van der Waals surface area (Å²) in [5.74, 6) is 1.53. The number of nitrogens with one attached hydrogen (secondary N) is 1. The lowest BCUT2D eigenvalue weighted by Gasteiger charge is -2.12. The number of amides is 1. The van der Waals surface area contributed by atoms with Crippen molar-refractivity contribution in [3.05, 3.63) is 24.3 Å². The lowest BCUT2D eigenvalue weighted by Crippen LogP contribution is -2.16. The highest BCUT2D eigenvalue weighted by Gasteiger charge is 2.18. The van der Waals surface area contributed by atoms with Crippen LogP contribution in [0.5, 0.6) is 5.75 Å². The number of ether oxygens (including phenoxy) is 2. The van der Waals surface area contributed by atoms with E-state index in [4.69, 9.17) is 9.47 Å². The number of benzene rings is 1. The summed E-state index contributed by atoms with van der Waals surface area (Å²) in [5, 5.41) is 2.97. The molecule has 4 nitrogen and oxygen atoms in total. The third kappa shape index (κ3) is 4.47. The fraction of sp³-hybridized carbons (Fsp3) is 0.611. The molecule has 1 N–H and O–H groups in total. The molecule has 0 aromatic heterocycles. The van der Waals surface area contributed by atoms with E-state index in [2.05, 4.69) is 5.32 Å². The molecule has 22 heavy (non-hydrogen) atoms. The second-order valence-electron chi connectivity index (χ2n) is 6.37. The number of rotatable bonds is 6. The van der Waals surface area contributed by atoms with Crippen molar-refractivity contribution in [3.63, 3.8) is 0 Å². The summed E-state index contributed by atoms with van der Waals surface area (Å²) in [6.07, 6.45) is 8.02. The van der Waals surface area contributed by atoms with Crippen LogP contribution < -0.4 is 10.1 Å². The first-order valence-corrected chi connectivity index (χ1v) is 8.44. The molecule has 1 aliphatic heterocycles. The average molecular weight is 303 g/mol. The highest BCUT2D eigenvalue weighted by molar-refractivity contribution is 5.90. The van der Waals surface area contributed by atoms with Crippen LogP contribution in [0.2, 0.25) is 0 Å². The van der Waals surface area contributed by atoms with Crippen LogP contribution in [0.3, 0.4) is 0 Å². The van der Waals surface area contributed by atoms with Gasteiger partial charge in [-0.05, 0) is 55.9 Å². The quantitative estimate of drug-likeness (QED) is 0.870. The molecule has 0 radical (unpaired) electrons. The highest BCUT2D eigenvalue weighted by atomic mass is 16.5. The number of carbonyl (C=O) groups excluding carboxylic acids is 1. The summed E-state index contributed by atoms with van der Waals surface area (Å²) < 4.78 is 11.3. The number of anilines is 1. The van der Waals surface area contributed by atoms with Crippen LogP contribution in [0, 0.1) is 5.92 Å². The molecule has 3 rings (SSSR count). The van der Waals surface area contributed by atoms with Crippen LogP contribution in [-0.2, 0) is 9.53 Å². The van der Waals surface area contributed by atoms with Crippen LogP contribution in [-0.4, -0.2) is 25.2 Å². The zero-order valence-corrected chi connectivity index (χ0v) is 13.1. The molecule has 1 amide bonds. The molecule has 1 saturated carbocycles. The first-order chi connectivity index (χ1) is 10.8. The predicted octanol–water partition coefficient (Wildman–Crippen LogP) is 3.76. The van der Waals surface area contributed by atoms with Gasteiger partial charge in [0, 0.05) is 18.7 Å². The van der Waals surface area contributed by atoms with E-state index in [1.165, 1.54) is 25.7 Å². The summed E-state index contributed by atoms with van der Waals surface area (Å²) in [6.45, 7) is 1.45. The third-order valence-electron chi connectivity index (χ3n) is 4.55. The Morgan fingerprint density at radius 1 is 1.14 bits per heavy atom. The van der Waals surface area contributed by atoms with E-state index in [9.17, 15) is 4.79 Å². The maximum absolute atomic E-state index is 12.0. The van der Waals surface area contributed by atoms with E-state index in [0.29, 0.717) is 18.9 Å². The van der Waals surface area contributed by atoms with Crippen molar-refractivity contribution in [2.75, 3.05) is 18.5 Å². The minimum atomic E-state index is 0.125. The van der Waals surface area contributed by atoms with Gasteiger partial charge in [-0.25, -0.2) is 0 Å². The molecule has 1 aromatic rings. The standard InChI is InChI=1S/C18H25NO3/c20-18(12-14-4-1-2-5-14)19-15-7-9-16(10-8-15)22-13-17-6-3-11-21-17/h7-10,14,17H,1-6,11-13H2,(H,19,20)/t17-/m1/s1. The van der Waals surface area contributed by atoms with Crippen LogP contribution >= 0.6 is 0 Å². The van der Waals surface area contributed by atoms with Gasteiger partial charge in [-0.1, -0.05) is 12.8 Å². The number of hydrogen-bond acceptors (Lipinski definition) is 3. The molecule has 1 aliphatic carbocycles. The van der Waals surface area contributed by atoms with Crippen molar-refractivity contribution in [3.8, 4) is 5.75 Å². The van der Waals surface area contributed by atoms with E-state index in [0.717, 1.165) is 30.9 Å². The largest absolute Gasteiger partial charge is 0.491 e. The summed E-state index contributed by atoms with van der Waals surface area (Å²) in [6, 6.07) is 7.61. The molecule has 120 valence electrons. The minimum Gasteiger partial charge on any atom is -0.491 e. The molecule has 2 aliphatic rings. The van der Waals surface area contributed by atoms with Crippen LogP contribution in [0.25, 0.3) is 0 Å². The maximum atomic E-state index is 12.0. The molecule has 1 aromatic carbocycles. The van der Waals surface area contributed by atoms with Gasteiger partial charge in [0.2, 0.25) is 5.91 Å². The Balaban J connectivity index is 1.43. The SMILES string of the molecule is O=C(CC1CCCC1)Nc1ccc(OC[C@H]2CCCO2)cc1. The van der Waals surface area contributed by atoms with E-state index >= 15 is 0 Å². The summed E-state index contributed by atoms with van der Waals surface area (Å²) in [7, 11) is 0. The van der Waals surface area contributed by atoms with E-state index in [-0.39, 0.29) is 12.0 Å². The van der Waals surface area contributed by atoms with Gasteiger partial charge >= 0.3 is 0 Å². The Hall–Kier alpha value is -1.55. The van der Waals surface area contributed by atoms with Crippen LogP contribution in [0.15, 0.2) is 24.3 Å². The van der Waals surface area contributed by atoms with Crippen LogP contribution in [0.1, 0.15) is 44.9 Å². The molecule has 0 spiro atoms. The monoisotopic (exact) mass is 303 g/mol. The second-order valence-corrected chi connectivity index (χ2v) is 6.37. The van der Waals surface area contributed by atoms with Crippen molar-refractivity contribution in [1.29, 1.82) is 0 Å².